The van der Waals surface area contributed by atoms with Gasteiger partial charge in [0.2, 0.25) is 5.88 Å². The average Bonchev–Trinajstić information content (AvgIpc) is 2.86. The highest BCUT2D eigenvalue weighted by Gasteiger charge is 2.43. The lowest BCUT2D eigenvalue weighted by Crippen LogP contribution is -2.28. The Bertz CT molecular complexity index is 799. The lowest BCUT2D eigenvalue weighted by Gasteiger charge is -2.28. The third-order valence-corrected chi connectivity index (χ3v) is 4.79. The number of carbonyl (C=O) groups is 1. The first-order valence-electron chi connectivity index (χ1n) is 7.76. The Labute approximate surface area is 151 Å². The number of nitrogens with zero attached hydrogens (tertiary/aromatic N) is 2. The van der Waals surface area contributed by atoms with Gasteiger partial charge in [-0.3, -0.25) is 4.79 Å². The molecule has 0 bridgehead atoms. The van der Waals surface area contributed by atoms with E-state index in [1.165, 1.54) is 7.05 Å². The highest BCUT2D eigenvalue weighted by molar-refractivity contribution is 9.10. The number of carbonyl (C=O) groups excluding carboxylic acids is 1. The second-order valence-corrected chi connectivity index (χ2v) is 7.12. The third-order valence-electron chi connectivity index (χ3n) is 4.26. The molecule has 1 aromatic heterocycles. The SMILES string of the molecule is C[C@@H]1C[C@@H](CC(=O)c2ccc(Br)cc2)Oc2c1c(C(F)(F)F)nn2C. The molecule has 4 nitrogen and oxygen atoms in total. The number of ether oxygens (including phenoxy) is 1. The molecule has 0 saturated heterocycles. The molecule has 3 rings (SSSR count). The molecular weight excluding hydrogens is 401 g/mol. The first-order valence-corrected chi connectivity index (χ1v) is 8.55. The van der Waals surface area contributed by atoms with Crippen molar-refractivity contribution in [1.29, 1.82) is 0 Å². The Morgan fingerprint density at radius 1 is 1.36 bits per heavy atom. The number of aryl methyl sites for hydroxylation is 1. The van der Waals surface area contributed by atoms with Gasteiger partial charge in [0.1, 0.15) is 6.10 Å². The monoisotopic (exact) mass is 416 g/mol. The first kappa shape index (κ1) is 18.0. The van der Waals surface area contributed by atoms with Gasteiger partial charge in [-0.05, 0) is 24.5 Å². The van der Waals surface area contributed by atoms with E-state index in [4.69, 9.17) is 4.74 Å². The van der Waals surface area contributed by atoms with Crippen molar-refractivity contribution in [2.75, 3.05) is 0 Å². The highest BCUT2D eigenvalue weighted by Crippen LogP contribution is 2.44. The summed E-state index contributed by atoms with van der Waals surface area (Å²) in [5.41, 5.74) is -0.288. The van der Waals surface area contributed by atoms with E-state index in [9.17, 15) is 18.0 Å². The van der Waals surface area contributed by atoms with Crippen LogP contribution in [-0.4, -0.2) is 21.7 Å². The Kier molecular flexibility index (Phi) is 4.66. The molecule has 0 spiro atoms. The normalized spacial score (nSPS) is 20.1. The summed E-state index contributed by atoms with van der Waals surface area (Å²) in [6.07, 6.45) is -4.56. The van der Waals surface area contributed by atoms with E-state index in [1.54, 1.807) is 31.2 Å². The van der Waals surface area contributed by atoms with Gasteiger partial charge < -0.3 is 4.74 Å². The van der Waals surface area contributed by atoms with Crippen LogP contribution in [-0.2, 0) is 13.2 Å². The number of halogens is 4. The van der Waals surface area contributed by atoms with Gasteiger partial charge in [0.15, 0.2) is 11.5 Å². The van der Waals surface area contributed by atoms with Crippen LogP contribution in [0.25, 0.3) is 0 Å². The van der Waals surface area contributed by atoms with Crippen LogP contribution in [0.1, 0.15) is 47.3 Å². The molecule has 0 amide bonds. The largest absolute Gasteiger partial charge is 0.474 e. The van der Waals surface area contributed by atoms with Gasteiger partial charge in [-0.1, -0.05) is 35.0 Å². The molecular formula is C17H16BrF3N2O2. The number of hydrogen-bond acceptors (Lipinski definition) is 3. The lowest BCUT2D eigenvalue weighted by atomic mass is 9.89. The van der Waals surface area contributed by atoms with Gasteiger partial charge in [0.05, 0.1) is 0 Å². The van der Waals surface area contributed by atoms with Crippen LogP contribution in [0.15, 0.2) is 28.7 Å². The summed E-state index contributed by atoms with van der Waals surface area (Å²) in [6.45, 7) is 1.70. The van der Waals surface area contributed by atoms with Crippen molar-refractivity contribution in [2.24, 2.45) is 7.05 Å². The molecule has 1 aliphatic rings. The van der Waals surface area contributed by atoms with Crippen molar-refractivity contribution in [2.45, 2.75) is 38.0 Å². The fourth-order valence-electron chi connectivity index (χ4n) is 3.12. The summed E-state index contributed by atoms with van der Waals surface area (Å²) in [5, 5.41) is 3.57. The van der Waals surface area contributed by atoms with Gasteiger partial charge >= 0.3 is 6.18 Å². The number of Topliss-reactive ketones (excluding diaryl/α,β-unsaturated/α-hetero) is 1. The minimum atomic E-state index is -4.52. The van der Waals surface area contributed by atoms with Crippen LogP contribution in [0.5, 0.6) is 5.88 Å². The van der Waals surface area contributed by atoms with Gasteiger partial charge in [0, 0.05) is 29.1 Å². The summed E-state index contributed by atoms with van der Waals surface area (Å²) in [6, 6.07) is 6.95. The van der Waals surface area contributed by atoms with Gasteiger partial charge in [0.25, 0.3) is 0 Å². The number of hydrogen-bond donors (Lipinski definition) is 0. The highest BCUT2D eigenvalue weighted by atomic mass is 79.9. The maximum Gasteiger partial charge on any atom is 0.435 e. The fourth-order valence-corrected chi connectivity index (χ4v) is 3.39. The molecule has 2 aromatic rings. The predicted molar refractivity (Wildman–Crippen MR) is 88.7 cm³/mol. The maximum absolute atomic E-state index is 13.1. The number of alkyl halides is 3. The molecule has 134 valence electrons. The quantitative estimate of drug-likeness (QED) is 0.679. The predicted octanol–water partition coefficient (Wildman–Crippen LogP) is 4.73. The summed E-state index contributed by atoms with van der Waals surface area (Å²) < 4.78 is 47.1. The molecule has 0 radical (unpaired) electrons. The molecule has 0 saturated carbocycles. The maximum atomic E-state index is 13.1. The molecule has 0 unspecified atom stereocenters. The molecule has 0 aliphatic carbocycles. The van der Waals surface area contributed by atoms with Crippen molar-refractivity contribution < 1.29 is 22.7 Å². The van der Waals surface area contributed by atoms with Crippen LogP contribution in [0, 0.1) is 0 Å². The molecule has 1 aliphatic heterocycles. The minimum absolute atomic E-state index is 0.0716. The van der Waals surface area contributed by atoms with Crippen LogP contribution in [0.4, 0.5) is 13.2 Å². The van der Waals surface area contributed by atoms with Crippen molar-refractivity contribution >= 4 is 21.7 Å². The Morgan fingerprint density at radius 2 is 2.00 bits per heavy atom. The summed E-state index contributed by atoms with van der Waals surface area (Å²) >= 11 is 3.31. The van der Waals surface area contributed by atoms with E-state index in [-0.39, 0.29) is 23.6 Å². The number of aromatic nitrogens is 2. The molecule has 0 fully saturated rings. The van der Waals surface area contributed by atoms with Crippen LogP contribution in [0.2, 0.25) is 0 Å². The summed E-state index contributed by atoms with van der Waals surface area (Å²) in [7, 11) is 1.42. The van der Waals surface area contributed by atoms with Gasteiger partial charge in [-0.2, -0.15) is 18.3 Å². The summed E-state index contributed by atoms with van der Waals surface area (Å²) in [4.78, 5) is 12.4. The van der Waals surface area contributed by atoms with Crippen molar-refractivity contribution in [1.82, 2.24) is 9.78 Å². The zero-order chi connectivity index (χ0) is 18.4. The number of ketones is 1. The van der Waals surface area contributed by atoms with Crippen molar-refractivity contribution in [3.63, 3.8) is 0 Å². The number of fused-ring (bicyclic) bond motifs is 1. The summed E-state index contributed by atoms with van der Waals surface area (Å²) in [5.74, 6) is -0.400. The Balaban J connectivity index is 1.81. The third kappa shape index (κ3) is 3.58. The second-order valence-electron chi connectivity index (χ2n) is 6.20. The number of rotatable bonds is 3. The smallest absolute Gasteiger partial charge is 0.435 e. The van der Waals surface area contributed by atoms with Crippen LogP contribution >= 0.6 is 15.9 Å². The van der Waals surface area contributed by atoms with E-state index < -0.39 is 23.9 Å². The Morgan fingerprint density at radius 3 is 2.60 bits per heavy atom. The van der Waals surface area contributed by atoms with Gasteiger partial charge in [-0.25, -0.2) is 4.68 Å². The molecule has 25 heavy (non-hydrogen) atoms. The number of benzene rings is 1. The van der Waals surface area contributed by atoms with Crippen LogP contribution < -0.4 is 4.74 Å². The molecule has 2 atom stereocenters. The second kappa shape index (κ2) is 6.48. The van der Waals surface area contributed by atoms with E-state index >= 15 is 0 Å². The average molecular weight is 417 g/mol. The molecule has 1 aromatic carbocycles. The van der Waals surface area contributed by atoms with Crippen molar-refractivity contribution in [3.05, 3.63) is 45.6 Å². The van der Waals surface area contributed by atoms with E-state index in [0.717, 1.165) is 9.15 Å². The van der Waals surface area contributed by atoms with E-state index in [0.29, 0.717) is 12.0 Å². The minimum Gasteiger partial charge on any atom is -0.474 e. The molecule has 0 N–H and O–H groups in total. The van der Waals surface area contributed by atoms with Crippen LogP contribution in [0.3, 0.4) is 0 Å². The molecule has 8 heteroatoms. The van der Waals surface area contributed by atoms with E-state index in [1.807, 2.05) is 0 Å². The molecule has 2 heterocycles. The van der Waals surface area contributed by atoms with Gasteiger partial charge in [-0.15, -0.1) is 0 Å². The zero-order valence-electron chi connectivity index (χ0n) is 13.6. The zero-order valence-corrected chi connectivity index (χ0v) is 15.2. The standard InChI is InChI=1S/C17H16BrF3N2O2/c1-9-7-12(8-13(24)10-3-5-11(18)6-4-10)25-16-14(9)15(17(19,20)21)22-23(16)2/h3-6,9,12H,7-8H2,1-2H3/t9-,12+/m1/s1. The Hall–Kier alpha value is -1.83. The van der Waals surface area contributed by atoms with Crippen molar-refractivity contribution in [3.8, 4) is 5.88 Å². The fraction of sp³-hybridized carbons (Fsp3) is 0.412. The lowest BCUT2D eigenvalue weighted by molar-refractivity contribution is -0.142. The van der Waals surface area contributed by atoms with E-state index in [2.05, 4.69) is 21.0 Å². The topological polar surface area (TPSA) is 44.1 Å². The first-order chi connectivity index (χ1) is 11.7.